The van der Waals surface area contributed by atoms with Gasteiger partial charge >= 0.3 is 0 Å². The van der Waals surface area contributed by atoms with E-state index in [0.717, 1.165) is 18.5 Å². The Hall–Kier alpha value is -1.28. The van der Waals surface area contributed by atoms with Crippen molar-refractivity contribution in [3.63, 3.8) is 0 Å². The van der Waals surface area contributed by atoms with Crippen LogP contribution >= 0.6 is 0 Å². The first kappa shape index (κ1) is 13.4. The second-order valence-electron chi connectivity index (χ2n) is 7.16. The molecule has 2 atom stereocenters. The summed E-state index contributed by atoms with van der Waals surface area (Å²) >= 11 is 0. The average molecular weight is 282 g/mol. The van der Waals surface area contributed by atoms with Gasteiger partial charge in [0.2, 0.25) is 0 Å². The fraction of sp³-hybridized carbons (Fsp3) is 0.579. The lowest BCUT2D eigenvalue weighted by molar-refractivity contribution is 0.287. The third-order valence-corrected chi connectivity index (χ3v) is 5.28. The summed E-state index contributed by atoms with van der Waals surface area (Å²) in [5, 5.41) is 5.09. The Morgan fingerprint density at radius 1 is 1.14 bits per heavy atom. The van der Waals surface area contributed by atoms with Gasteiger partial charge in [-0.1, -0.05) is 38.0 Å². The molecule has 1 aromatic carbocycles. The van der Waals surface area contributed by atoms with Crippen molar-refractivity contribution >= 4 is 10.9 Å². The molecule has 0 aliphatic heterocycles. The first-order valence-corrected chi connectivity index (χ1v) is 8.63. The van der Waals surface area contributed by atoms with Crippen molar-refractivity contribution in [1.29, 1.82) is 0 Å². The van der Waals surface area contributed by atoms with E-state index in [-0.39, 0.29) is 0 Å². The number of hydrogen-bond acceptors (Lipinski definition) is 1. The Bertz CT molecular complexity index is 624. The number of aromatic nitrogens is 1. The van der Waals surface area contributed by atoms with Crippen LogP contribution in [-0.2, 0) is 6.54 Å². The zero-order chi connectivity index (χ0) is 14.2. The second kappa shape index (κ2) is 5.49. The van der Waals surface area contributed by atoms with Crippen molar-refractivity contribution in [3.05, 3.63) is 36.0 Å². The van der Waals surface area contributed by atoms with Crippen LogP contribution in [0.4, 0.5) is 0 Å². The van der Waals surface area contributed by atoms with Crippen LogP contribution in [0.3, 0.4) is 0 Å². The first-order chi connectivity index (χ1) is 10.3. The minimum Gasteiger partial charge on any atom is -0.344 e. The highest BCUT2D eigenvalue weighted by atomic mass is 15.0. The standard InChI is InChI=1S/C19H26N2/c1-14-4-2-7-18(12-14)21-11-10-15-5-3-6-16(19(15)21)13-20-17-8-9-17/h3,5-6,10-11,14,17-18,20H,2,4,7-9,12-13H2,1H3. The Morgan fingerprint density at radius 2 is 2.05 bits per heavy atom. The van der Waals surface area contributed by atoms with Crippen LogP contribution in [0.15, 0.2) is 30.5 Å². The van der Waals surface area contributed by atoms with E-state index in [1.54, 1.807) is 0 Å². The summed E-state index contributed by atoms with van der Waals surface area (Å²) in [4.78, 5) is 0. The Balaban J connectivity index is 1.67. The summed E-state index contributed by atoms with van der Waals surface area (Å²) in [6, 6.07) is 10.6. The molecule has 2 nitrogen and oxygen atoms in total. The first-order valence-electron chi connectivity index (χ1n) is 8.63. The van der Waals surface area contributed by atoms with Gasteiger partial charge in [0.05, 0.1) is 5.52 Å². The van der Waals surface area contributed by atoms with Crippen molar-refractivity contribution in [2.45, 2.75) is 64.1 Å². The van der Waals surface area contributed by atoms with Gasteiger partial charge in [-0.3, -0.25) is 0 Å². The monoisotopic (exact) mass is 282 g/mol. The van der Waals surface area contributed by atoms with E-state index in [1.807, 2.05) is 0 Å². The molecule has 0 radical (unpaired) electrons. The number of nitrogens with one attached hydrogen (secondary N) is 1. The third kappa shape index (κ3) is 2.74. The van der Waals surface area contributed by atoms with Crippen LogP contribution in [0.5, 0.6) is 0 Å². The van der Waals surface area contributed by atoms with Gasteiger partial charge in [-0.25, -0.2) is 0 Å². The van der Waals surface area contributed by atoms with Crippen LogP contribution in [0.25, 0.3) is 10.9 Å². The van der Waals surface area contributed by atoms with E-state index in [2.05, 4.69) is 47.3 Å². The van der Waals surface area contributed by atoms with E-state index in [1.165, 1.54) is 55.0 Å². The van der Waals surface area contributed by atoms with Crippen molar-refractivity contribution in [1.82, 2.24) is 9.88 Å². The lowest BCUT2D eigenvalue weighted by atomic mass is 9.87. The molecule has 2 fully saturated rings. The van der Waals surface area contributed by atoms with Gasteiger partial charge in [0.1, 0.15) is 0 Å². The molecule has 2 aliphatic rings. The summed E-state index contributed by atoms with van der Waals surface area (Å²) in [7, 11) is 0. The van der Waals surface area contributed by atoms with Crippen molar-refractivity contribution in [2.75, 3.05) is 0 Å². The molecule has 112 valence electrons. The highest BCUT2D eigenvalue weighted by Gasteiger charge is 2.23. The molecule has 21 heavy (non-hydrogen) atoms. The molecule has 2 aromatic rings. The molecule has 0 spiro atoms. The minimum absolute atomic E-state index is 0.702. The van der Waals surface area contributed by atoms with Gasteiger partial charge in [-0.2, -0.15) is 0 Å². The molecule has 0 saturated heterocycles. The quantitative estimate of drug-likeness (QED) is 0.864. The molecule has 2 aliphatic carbocycles. The molecular formula is C19H26N2. The molecule has 0 bridgehead atoms. The topological polar surface area (TPSA) is 17.0 Å². The van der Waals surface area contributed by atoms with Crippen LogP contribution in [0, 0.1) is 5.92 Å². The minimum atomic E-state index is 0.702. The predicted octanol–water partition coefficient (Wildman–Crippen LogP) is 4.64. The van der Waals surface area contributed by atoms with Gasteiger partial charge in [0.25, 0.3) is 0 Å². The van der Waals surface area contributed by atoms with Gasteiger partial charge in [0, 0.05) is 24.8 Å². The van der Waals surface area contributed by atoms with E-state index in [9.17, 15) is 0 Å². The average Bonchev–Trinajstić information content (AvgIpc) is 3.22. The zero-order valence-electron chi connectivity index (χ0n) is 13.0. The second-order valence-corrected chi connectivity index (χ2v) is 7.16. The van der Waals surface area contributed by atoms with Crippen molar-refractivity contribution in [2.24, 2.45) is 5.92 Å². The van der Waals surface area contributed by atoms with Gasteiger partial charge < -0.3 is 9.88 Å². The summed E-state index contributed by atoms with van der Waals surface area (Å²) in [6.45, 7) is 3.43. The van der Waals surface area contributed by atoms with Gasteiger partial charge in [-0.15, -0.1) is 0 Å². The van der Waals surface area contributed by atoms with Crippen LogP contribution in [0.2, 0.25) is 0 Å². The smallest absolute Gasteiger partial charge is 0.0528 e. The maximum atomic E-state index is 3.68. The summed E-state index contributed by atoms with van der Waals surface area (Å²) in [6.07, 6.45) is 10.5. The molecule has 0 amide bonds. The highest BCUT2D eigenvalue weighted by molar-refractivity contribution is 5.83. The highest BCUT2D eigenvalue weighted by Crippen LogP contribution is 2.35. The normalized spacial score (nSPS) is 26.3. The van der Waals surface area contributed by atoms with Crippen LogP contribution < -0.4 is 5.32 Å². The number of hydrogen-bond donors (Lipinski definition) is 1. The van der Waals surface area contributed by atoms with E-state index >= 15 is 0 Å². The SMILES string of the molecule is CC1CCCC(n2ccc3cccc(CNC4CC4)c32)C1. The number of para-hydroxylation sites is 1. The Kier molecular flexibility index (Phi) is 3.50. The van der Waals surface area contributed by atoms with Gasteiger partial charge in [-0.05, 0) is 48.6 Å². The van der Waals surface area contributed by atoms with Crippen molar-refractivity contribution in [3.8, 4) is 0 Å². The molecular weight excluding hydrogens is 256 g/mol. The number of nitrogens with zero attached hydrogens (tertiary/aromatic N) is 1. The van der Waals surface area contributed by atoms with E-state index in [4.69, 9.17) is 0 Å². The molecule has 2 unspecified atom stereocenters. The van der Waals surface area contributed by atoms with Gasteiger partial charge in [0.15, 0.2) is 0 Å². The summed E-state index contributed by atoms with van der Waals surface area (Å²) in [5.41, 5.74) is 2.95. The fourth-order valence-corrected chi connectivity index (χ4v) is 3.94. The van der Waals surface area contributed by atoms with Crippen molar-refractivity contribution < 1.29 is 0 Å². The number of rotatable bonds is 4. The maximum Gasteiger partial charge on any atom is 0.0528 e. The third-order valence-electron chi connectivity index (χ3n) is 5.28. The molecule has 4 rings (SSSR count). The Labute approximate surface area is 127 Å². The maximum absolute atomic E-state index is 3.68. The lowest BCUT2D eigenvalue weighted by Gasteiger charge is -2.29. The number of benzene rings is 1. The molecule has 1 N–H and O–H groups in total. The molecule has 2 saturated carbocycles. The Morgan fingerprint density at radius 3 is 2.86 bits per heavy atom. The summed E-state index contributed by atoms with van der Waals surface area (Å²) in [5.74, 6) is 0.873. The zero-order valence-corrected chi connectivity index (χ0v) is 13.0. The molecule has 1 heterocycles. The van der Waals surface area contributed by atoms with Crippen LogP contribution in [0.1, 0.15) is 57.1 Å². The summed E-state index contributed by atoms with van der Waals surface area (Å²) < 4.78 is 2.58. The van der Waals surface area contributed by atoms with Crippen LogP contribution in [-0.4, -0.2) is 10.6 Å². The molecule has 1 aromatic heterocycles. The van der Waals surface area contributed by atoms with E-state index < -0.39 is 0 Å². The molecule has 2 heteroatoms. The fourth-order valence-electron chi connectivity index (χ4n) is 3.94. The van der Waals surface area contributed by atoms with E-state index in [0.29, 0.717) is 6.04 Å². The predicted molar refractivity (Wildman–Crippen MR) is 88.5 cm³/mol. The lowest BCUT2D eigenvalue weighted by Crippen LogP contribution is -2.19. The largest absolute Gasteiger partial charge is 0.344 e. The number of fused-ring (bicyclic) bond motifs is 1.